The van der Waals surface area contributed by atoms with Crippen LogP contribution in [0.1, 0.15) is 15.4 Å². The average Bonchev–Trinajstić information content (AvgIpc) is 2.79. The standard InChI is InChI=1S/C11H9IN2OS/c12-9-4-2-1-3-8(9)11(15)14-7-10-13-5-6-16-10/h1-6H,7H2,(H,14,15). The number of carbonyl (C=O) groups excluding carboxylic acids is 1. The first kappa shape index (κ1) is 11.5. The molecule has 5 heteroatoms. The first-order chi connectivity index (χ1) is 7.77. The molecule has 0 aliphatic heterocycles. The van der Waals surface area contributed by atoms with Gasteiger partial charge in [-0.3, -0.25) is 4.79 Å². The molecule has 0 atom stereocenters. The van der Waals surface area contributed by atoms with Gasteiger partial charge in [-0.1, -0.05) is 12.1 Å². The van der Waals surface area contributed by atoms with E-state index in [9.17, 15) is 4.79 Å². The second-order valence-electron chi connectivity index (χ2n) is 3.09. The van der Waals surface area contributed by atoms with E-state index in [0.29, 0.717) is 12.1 Å². The first-order valence-corrected chi connectivity index (χ1v) is 6.64. The van der Waals surface area contributed by atoms with E-state index < -0.39 is 0 Å². The Labute approximate surface area is 111 Å². The number of halogens is 1. The molecular weight excluding hydrogens is 335 g/mol. The quantitative estimate of drug-likeness (QED) is 0.870. The second-order valence-corrected chi connectivity index (χ2v) is 5.23. The van der Waals surface area contributed by atoms with Crippen LogP contribution in [0.3, 0.4) is 0 Å². The van der Waals surface area contributed by atoms with Gasteiger partial charge in [0.25, 0.3) is 5.91 Å². The molecule has 1 N–H and O–H groups in total. The van der Waals surface area contributed by atoms with Crippen LogP contribution in [0.5, 0.6) is 0 Å². The molecule has 0 fully saturated rings. The van der Waals surface area contributed by atoms with Gasteiger partial charge in [0, 0.05) is 15.1 Å². The molecule has 2 aromatic rings. The van der Waals surface area contributed by atoms with E-state index in [1.54, 1.807) is 6.20 Å². The number of hydrogen-bond donors (Lipinski definition) is 1. The smallest absolute Gasteiger partial charge is 0.252 e. The number of amides is 1. The molecule has 1 aromatic carbocycles. The molecular formula is C11H9IN2OS. The van der Waals surface area contributed by atoms with Crippen LogP contribution in [0, 0.1) is 3.57 Å². The van der Waals surface area contributed by atoms with Crippen LogP contribution in [0.4, 0.5) is 0 Å². The largest absolute Gasteiger partial charge is 0.345 e. The van der Waals surface area contributed by atoms with Gasteiger partial charge in [0.05, 0.1) is 12.1 Å². The number of aromatic nitrogens is 1. The van der Waals surface area contributed by atoms with Gasteiger partial charge in [-0.05, 0) is 34.7 Å². The van der Waals surface area contributed by atoms with Gasteiger partial charge >= 0.3 is 0 Å². The third-order valence-electron chi connectivity index (χ3n) is 2.00. The van der Waals surface area contributed by atoms with Crippen molar-refractivity contribution in [3.63, 3.8) is 0 Å². The van der Waals surface area contributed by atoms with Crippen LogP contribution in [0.15, 0.2) is 35.8 Å². The zero-order valence-corrected chi connectivity index (χ0v) is 11.3. The fourth-order valence-corrected chi connectivity index (χ4v) is 2.43. The van der Waals surface area contributed by atoms with E-state index in [-0.39, 0.29) is 5.91 Å². The summed E-state index contributed by atoms with van der Waals surface area (Å²) in [6.07, 6.45) is 1.73. The minimum atomic E-state index is -0.0554. The molecule has 1 heterocycles. The van der Waals surface area contributed by atoms with E-state index in [4.69, 9.17) is 0 Å². The summed E-state index contributed by atoms with van der Waals surface area (Å²) in [5.41, 5.74) is 0.708. The Bertz CT molecular complexity index is 484. The molecule has 16 heavy (non-hydrogen) atoms. The number of carbonyl (C=O) groups is 1. The lowest BCUT2D eigenvalue weighted by molar-refractivity contribution is 0.0950. The molecule has 2 rings (SSSR count). The molecule has 3 nitrogen and oxygen atoms in total. The predicted molar refractivity (Wildman–Crippen MR) is 72.4 cm³/mol. The van der Waals surface area contributed by atoms with Crippen LogP contribution >= 0.6 is 33.9 Å². The zero-order valence-electron chi connectivity index (χ0n) is 8.31. The fourth-order valence-electron chi connectivity index (χ4n) is 1.24. The molecule has 1 aromatic heterocycles. The molecule has 0 saturated carbocycles. The van der Waals surface area contributed by atoms with Crippen molar-refractivity contribution in [3.8, 4) is 0 Å². The van der Waals surface area contributed by atoms with Gasteiger partial charge in [0.1, 0.15) is 5.01 Å². The lowest BCUT2D eigenvalue weighted by Gasteiger charge is -2.04. The van der Waals surface area contributed by atoms with E-state index >= 15 is 0 Å². The van der Waals surface area contributed by atoms with Crippen molar-refractivity contribution in [1.29, 1.82) is 0 Å². The van der Waals surface area contributed by atoms with E-state index in [0.717, 1.165) is 8.58 Å². The Morgan fingerprint density at radius 1 is 1.44 bits per heavy atom. The highest BCUT2D eigenvalue weighted by Crippen LogP contribution is 2.11. The van der Waals surface area contributed by atoms with Gasteiger partial charge in [-0.15, -0.1) is 11.3 Å². The minimum Gasteiger partial charge on any atom is -0.345 e. The van der Waals surface area contributed by atoms with Crippen molar-refractivity contribution in [2.45, 2.75) is 6.54 Å². The highest BCUT2D eigenvalue weighted by molar-refractivity contribution is 14.1. The van der Waals surface area contributed by atoms with Crippen molar-refractivity contribution in [2.75, 3.05) is 0 Å². The molecule has 0 aliphatic rings. The maximum absolute atomic E-state index is 11.8. The highest BCUT2D eigenvalue weighted by atomic mass is 127. The highest BCUT2D eigenvalue weighted by Gasteiger charge is 2.08. The van der Waals surface area contributed by atoms with Gasteiger partial charge in [-0.25, -0.2) is 4.98 Å². The van der Waals surface area contributed by atoms with Crippen molar-refractivity contribution < 1.29 is 4.79 Å². The molecule has 0 saturated heterocycles. The Morgan fingerprint density at radius 3 is 2.94 bits per heavy atom. The molecule has 0 unspecified atom stereocenters. The molecule has 0 bridgehead atoms. The summed E-state index contributed by atoms with van der Waals surface area (Å²) >= 11 is 3.69. The van der Waals surface area contributed by atoms with E-state index in [1.807, 2.05) is 29.6 Å². The van der Waals surface area contributed by atoms with Crippen molar-refractivity contribution in [2.24, 2.45) is 0 Å². The van der Waals surface area contributed by atoms with Gasteiger partial charge in [-0.2, -0.15) is 0 Å². The summed E-state index contributed by atoms with van der Waals surface area (Å²) in [5, 5.41) is 5.66. The van der Waals surface area contributed by atoms with Gasteiger partial charge in [0.2, 0.25) is 0 Å². The third-order valence-corrected chi connectivity index (χ3v) is 3.72. The Hall–Kier alpha value is -0.950. The number of benzene rings is 1. The molecule has 0 spiro atoms. The van der Waals surface area contributed by atoms with Crippen LogP contribution < -0.4 is 5.32 Å². The maximum atomic E-state index is 11.8. The van der Waals surface area contributed by atoms with Crippen molar-refractivity contribution in [1.82, 2.24) is 10.3 Å². The summed E-state index contributed by atoms with van der Waals surface area (Å²) < 4.78 is 0.955. The van der Waals surface area contributed by atoms with Crippen LogP contribution in [0.25, 0.3) is 0 Å². The Morgan fingerprint density at radius 2 is 2.25 bits per heavy atom. The normalized spacial score (nSPS) is 10.1. The molecule has 1 amide bonds. The minimum absolute atomic E-state index is 0.0554. The lowest BCUT2D eigenvalue weighted by Crippen LogP contribution is -2.23. The lowest BCUT2D eigenvalue weighted by atomic mass is 10.2. The summed E-state index contributed by atoms with van der Waals surface area (Å²) in [5.74, 6) is -0.0554. The topological polar surface area (TPSA) is 42.0 Å². The SMILES string of the molecule is O=C(NCc1nccs1)c1ccccc1I. The number of nitrogens with one attached hydrogen (secondary N) is 1. The summed E-state index contributed by atoms with van der Waals surface area (Å²) in [6.45, 7) is 0.488. The average molecular weight is 344 g/mol. The van der Waals surface area contributed by atoms with E-state index in [1.165, 1.54) is 11.3 Å². The summed E-state index contributed by atoms with van der Waals surface area (Å²) in [6, 6.07) is 7.51. The van der Waals surface area contributed by atoms with Gasteiger partial charge < -0.3 is 5.32 Å². The Balaban J connectivity index is 2.01. The number of rotatable bonds is 3. The van der Waals surface area contributed by atoms with E-state index in [2.05, 4.69) is 32.9 Å². The van der Waals surface area contributed by atoms with Crippen LogP contribution in [-0.2, 0) is 6.54 Å². The number of hydrogen-bond acceptors (Lipinski definition) is 3. The van der Waals surface area contributed by atoms with Crippen molar-refractivity contribution in [3.05, 3.63) is 50.0 Å². The monoisotopic (exact) mass is 344 g/mol. The molecule has 82 valence electrons. The summed E-state index contributed by atoms with van der Waals surface area (Å²) in [4.78, 5) is 15.9. The van der Waals surface area contributed by atoms with Crippen molar-refractivity contribution >= 4 is 39.8 Å². The molecule has 0 aliphatic carbocycles. The van der Waals surface area contributed by atoms with Crippen LogP contribution in [-0.4, -0.2) is 10.9 Å². The van der Waals surface area contributed by atoms with Crippen LogP contribution in [0.2, 0.25) is 0 Å². The zero-order chi connectivity index (χ0) is 11.4. The number of thiazole rings is 1. The maximum Gasteiger partial charge on any atom is 0.252 e. The second kappa shape index (κ2) is 5.40. The fraction of sp³-hybridized carbons (Fsp3) is 0.0909. The predicted octanol–water partition coefficient (Wildman–Crippen LogP) is 2.68. The number of nitrogens with zero attached hydrogens (tertiary/aromatic N) is 1. The summed E-state index contributed by atoms with van der Waals surface area (Å²) in [7, 11) is 0. The third kappa shape index (κ3) is 2.79. The first-order valence-electron chi connectivity index (χ1n) is 4.68. The Kier molecular flexibility index (Phi) is 3.89. The van der Waals surface area contributed by atoms with Gasteiger partial charge in [0.15, 0.2) is 0 Å². The molecule has 0 radical (unpaired) electrons.